The van der Waals surface area contributed by atoms with E-state index in [1.807, 2.05) is 0 Å². The van der Waals surface area contributed by atoms with Gasteiger partial charge in [0.1, 0.15) is 13.2 Å². The van der Waals surface area contributed by atoms with Crippen LogP contribution in [0.4, 0.5) is 0 Å². The third kappa shape index (κ3) is 58.1. The van der Waals surface area contributed by atoms with Crippen LogP contribution in [0.25, 0.3) is 0 Å². The first-order valence-corrected chi connectivity index (χ1v) is 31.1. The fourth-order valence-electron chi connectivity index (χ4n) is 9.09. The van der Waals surface area contributed by atoms with E-state index in [1.54, 1.807) is 0 Å². The molecule has 0 N–H and O–H groups in total. The van der Waals surface area contributed by atoms with Gasteiger partial charge in [0.15, 0.2) is 6.10 Å². The van der Waals surface area contributed by atoms with Gasteiger partial charge in [0.25, 0.3) is 0 Å². The van der Waals surface area contributed by atoms with Crippen LogP contribution in [0.5, 0.6) is 0 Å². The maximum atomic E-state index is 12.8. The first-order chi connectivity index (χ1) is 35.0. The molecule has 0 saturated carbocycles. The Morgan fingerprint density at radius 1 is 0.282 bits per heavy atom. The number of rotatable bonds is 57. The van der Waals surface area contributed by atoms with Crippen LogP contribution in [0, 0.1) is 0 Å². The molecule has 414 valence electrons. The molecule has 0 heterocycles. The predicted octanol–water partition coefficient (Wildman–Crippen LogP) is 21.0. The molecule has 0 aromatic carbocycles. The number of allylic oxidation sites excluding steroid dienone is 8. The molecular formula is C65H118O6. The van der Waals surface area contributed by atoms with E-state index in [0.717, 1.165) is 77.0 Å². The minimum Gasteiger partial charge on any atom is -0.462 e. The van der Waals surface area contributed by atoms with E-state index in [1.165, 1.54) is 212 Å². The summed E-state index contributed by atoms with van der Waals surface area (Å²) in [5, 5.41) is 0. The normalized spacial score (nSPS) is 12.3. The van der Waals surface area contributed by atoms with Crippen molar-refractivity contribution in [1.29, 1.82) is 0 Å². The van der Waals surface area contributed by atoms with Crippen LogP contribution in [0.15, 0.2) is 48.6 Å². The van der Waals surface area contributed by atoms with Crippen LogP contribution in [-0.4, -0.2) is 37.2 Å². The van der Waals surface area contributed by atoms with Crippen molar-refractivity contribution >= 4 is 17.9 Å². The van der Waals surface area contributed by atoms with Gasteiger partial charge in [0.2, 0.25) is 0 Å². The van der Waals surface area contributed by atoms with Gasteiger partial charge in [-0.15, -0.1) is 0 Å². The highest BCUT2D eigenvalue weighted by Gasteiger charge is 2.19. The van der Waals surface area contributed by atoms with Crippen LogP contribution in [-0.2, 0) is 28.6 Å². The lowest BCUT2D eigenvalue weighted by molar-refractivity contribution is -0.167. The van der Waals surface area contributed by atoms with Gasteiger partial charge < -0.3 is 14.2 Å². The molecule has 0 amide bonds. The van der Waals surface area contributed by atoms with E-state index in [0.29, 0.717) is 19.3 Å². The number of hydrogen-bond donors (Lipinski definition) is 0. The number of carbonyl (C=O) groups excluding carboxylic acids is 3. The van der Waals surface area contributed by atoms with Crippen molar-refractivity contribution in [3.05, 3.63) is 48.6 Å². The lowest BCUT2D eigenvalue weighted by Gasteiger charge is -2.18. The Balaban J connectivity index is 4.06. The molecule has 0 aliphatic carbocycles. The topological polar surface area (TPSA) is 78.9 Å². The number of unbranched alkanes of at least 4 members (excludes halogenated alkanes) is 38. The van der Waals surface area contributed by atoms with E-state index in [-0.39, 0.29) is 31.1 Å². The van der Waals surface area contributed by atoms with Gasteiger partial charge in [-0.25, -0.2) is 0 Å². The zero-order chi connectivity index (χ0) is 51.4. The first-order valence-electron chi connectivity index (χ1n) is 31.1. The number of esters is 3. The third-order valence-electron chi connectivity index (χ3n) is 13.8. The Morgan fingerprint density at radius 2 is 0.507 bits per heavy atom. The van der Waals surface area contributed by atoms with Crippen LogP contribution in [0.3, 0.4) is 0 Å². The summed E-state index contributed by atoms with van der Waals surface area (Å²) in [6.07, 6.45) is 74.2. The van der Waals surface area contributed by atoms with Crippen LogP contribution < -0.4 is 0 Å². The summed E-state index contributed by atoms with van der Waals surface area (Å²) >= 11 is 0. The van der Waals surface area contributed by atoms with Gasteiger partial charge in [-0.05, 0) is 83.5 Å². The summed E-state index contributed by atoms with van der Waals surface area (Å²) in [7, 11) is 0. The molecule has 1 atom stereocenters. The van der Waals surface area contributed by atoms with Crippen molar-refractivity contribution in [3.8, 4) is 0 Å². The maximum Gasteiger partial charge on any atom is 0.306 e. The van der Waals surface area contributed by atoms with E-state index < -0.39 is 6.10 Å². The van der Waals surface area contributed by atoms with Crippen LogP contribution >= 0.6 is 0 Å². The maximum absolute atomic E-state index is 12.8. The Bertz CT molecular complexity index is 1230. The second-order valence-corrected chi connectivity index (χ2v) is 21.0. The SMILES string of the molecule is CCCCC/C=C\CCCCCCCC(=O)OC(COC(=O)CCCCCCCCCCCC)COC(=O)CCCCCCCCCCCCCCCCCC/C=C\C/C=C\C/C=C\CCCCCCC. The highest BCUT2D eigenvalue weighted by molar-refractivity contribution is 5.71. The average Bonchev–Trinajstić information content (AvgIpc) is 3.37. The Labute approximate surface area is 441 Å². The van der Waals surface area contributed by atoms with E-state index >= 15 is 0 Å². The molecule has 0 fully saturated rings. The smallest absolute Gasteiger partial charge is 0.306 e. The molecule has 0 spiro atoms. The first kappa shape index (κ1) is 68.4. The quantitative estimate of drug-likeness (QED) is 0.0261. The fraction of sp³-hybridized carbons (Fsp3) is 0.831. The lowest BCUT2D eigenvalue weighted by atomic mass is 10.0. The molecule has 0 saturated heterocycles. The van der Waals surface area contributed by atoms with Crippen LogP contribution in [0.1, 0.15) is 329 Å². The van der Waals surface area contributed by atoms with Crippen molar-refractivity contribution < 1.29 is 28.6 Å². The summed E-state index contributed by atoms with van der Waals surface area (Å²) in [6.45, 7) is 6.62. The zero-order valence-corrected chi connectivity index (χ0v) is 47.5. The minimum absolute atomic E-state index is 0.0723. The standard InChI is InChI=1S/C65H118O6/c1-4-7-10-13-16-19-22-24-25-26-27-28-29-30-31-32-33-34-35-36-37-38-39-40-41-42-44-46-49-52-55-58-64(67)70-61-62(60-69-63(66)57-54-51-48-45-21-18-15-12-9-6-3)71-65(68)59-56-53-50-47-43-23-20-17-14-11-8-5-2/h17,20,22,24,26-27,29-30,62H,4-16,18-19,21,23,25,28,31-61H2,1-3H3/b20-17-,24-22-,27-26-,30-29-. The molecular weight excluding hydrogens is 877 g/mol. The van der Waals surface area contributed by atoms with E-state index in [9.17, 15) is 14.4 Å². The van der Waals surface area contributed by atoms with Gasteiger partial charge >= 0.3 is 17.9 Å². The molecule has 0 rings (SSSR count). The highest BCUT2D eigenvalue weighted by atomic mass is 16.6. The Morgan fingerprint density at radius 3 is 0.831 bits per heavy atom. The molecule has 1 unspecified atom stereocenters. The number of ether oxygens (including phenoxy) is 3. The molecule has 0 aliphatic rings. The largest absolute Gasteiger partial charge is 0.462 e. The molecule has 0 radical (unpaired) electrons. The lowest BCUT2D eigenvalue weighted by Crippen LogP contribution is -2.30. The third-order valence-corrected chi connectivity index (χ3v) is 13.8. The summed E-state index contributed by atoms with van der Waals surface area (Å²) in [4.78, 5) is 38.0. The fourth-order valence-corrected chi connectivity index (χ4v) is 9.09. The second-order valence-electron chi connectivity index (χ2n) is 21.0. The van der Waals surface area contributed by atoms with E-state index in [2.05, 4.69) is 69.4 Å². The number of carbonyl (C=O) groups is 3. The molecule has 0 aromatic heterocycles. The number of hydrogen-bond acceptors (Lipinski definition) is 6. The summed E-state index contributed by atoms with van der Waals surface area (Å²) < 4.78 is 16.8. The van der Waals surface area contributed by atoms with Gasteiger partial charge in [-0.2, -0.15) is 0 Å². The Kier molecular flexibility index (Phi) is 57.7. The molecule has 0 aliphatic heterocycles. The van der Waals surface area contributed by atoms with Crippen LogP contribution in [0.2, 0.25) is 0 Å². The second kappa shape index (κ2) is 59.9. The van der Waals surface area contributed by atoms with Crippen molar-refractivity contribution in [3.63, 3.8) is 0 Å². The van der Waals surface area contributed by atoms with Gasteiger partial charge in [0, 0.05) is 19.3 Å². The van der Waals surface area contributed by atoms with Gasteiger partial charge in [0.05, 0.1) is 0 Å². The molecule has 71 heavy (non-hydrogen) atoms. The average molecular weight is 996 g/mol. The molecule has 6 heteroatoms. The highest BCUT2D eigenvalue weighted by Crippen LogP contribution is 2.17. The Hall–Kier alpha value is -2.63. The van der Waals surface area contributed by atoms with Crippen molar-refractivity contribution in [2.45, 2.75) is 335 Å². The zero-order valence-electron chi connectivity index (χ0n) is 47.5. The van der Waals surface area contributed by atoms with Crippen molar-refractivity contribution in [1.82, 2.24) is 0 Å². The van der Waals surface area contributed by atoms with Gasteiger partial charge in [-0.1, -0.05) is 275 Å². The summed E-state index contributed by atoms with van der Waals surface area (Å²) in [6, 6.07) is 0. The summed E-state index contributed by atoms with van der Waals surface area (Å²) in [5.74, 6) is -0.868. The summed E-state index contributed by atoms with van der Waals surface area (Å²) in [5.41, 5.74) is 0. The van der Waals surface area contributed by atoms with Crippen molar-refractivity contribution in [2.24, 2.45) is 0 Å². The molecule has 6 nitrogen and oxygen atoms in total. The predicted molar refractivity (Wildman–Crippen MR) is 307 cm³/mol. The van der Waals surface area contributed by atoms with E-state index in [4.69, 9.17) is 14.2 Å². The molecule has 0 bridgehead atoms. The van der Waals surface area contributed by atoms with Gasteiger partial charge in [-0.3, -0.25) is 14.4 Å². The molecule has 0 aromatic rings. The van der Waals surface area contributed by atoms with Crippen molar-refractivity contribution in [2.75, 3.05) is 13.2 Å². The monoisotopic (exact) mass is 995 g/mol. The minimum atomic E-state index is -0.772.